The Morgan fingerprint density at radius 3 is 2.62 bits per heavy atom. The second kappa shape index (κ2) is 8.34. The molecule has 1 unspecified atom stereocenters. The first-order valence-electron chi connectivity index (χ1n) is 10.6. The summed E-state index contributed by atoms with van der Waals surface area (Å²) in [6.45, 7) is 1.97. The number of amides is 1. The molecule has 0 radical (unpaired) electrons. The molecule has 0 saturated carbocycles. The molecule has 1 aliphatic carbocycles. The Morgan fingerprint density at radius 2 is 1.94 bits per heavy atom. The lowest BCUT2D eigenvalue weighted by Crippen LogP contribution is -2.48. The Bertz CT molecular complexity index is 1110. The number of rotatable bonds is 5. The summed E-state index contributed by atoms with van der Waals surface area (Å²) < 4.78 is 42.4. The van der Waals surface area contributed by atoms with Crippen LogP contribution in [0.25, 0.3) is 5.57 Å². The van der Waals surface area contributed by atoms with Crippen molar-refractivity contribution in [2.24, 2.45) is 0 Å². The van der Waals surface area contributed by atoms with Crippen molar-refractivity contribution in [1.82, 2.24) is 5.32 Å². The van der Waals surface area contributed by atoms with Gasteiger partial charge in [-0.3, -0.25) is 4.79 Å². The van der Waals surface area contributed by atoms with E-state index in [4.69, 9.17) is 4.74 Å². The molecular formula is C25H23F3N2O2. The van der Waals surface area contributed by atoms with Crippen LogP contribution < -0.4 is 10.1 Å². The van der Waals surface area contributed by atoms with Gasteiger partial charge in [-0.1, -0.05) is 35.9 Å². The van der Waals surface area contributed by atoms with Gasteiger partial charge in [0.15, 0.2) is 0 Å². The summed E-state index contributed by atoms with van der Waals surface area (Å²) >= 11 is 0. The summed E-state index contributed by atoms with van der Waals surface area (Å²) in [7, 11) is 0. The van der Waals surface area contributed by atoms with Gasteiger partial charge in [0, 0.05) is 12.8 Å². The molecule has 1 atom stereocenters. The molecular weight excluding hydrogens is 417 g/mol. The number of halogens is 3. The molecule has 166 valence electrons. The molecule has 2 aromatic carbocycles. The van der Waals surface area contributed by atoms with E-state index < -0.39 is 18.1 Å². The van der Waals surface area contributed by atoms with E-state index in [0.29, 0.717) is 25.0 Å². The number of hydrogen-bond donors (Lipinski definition) is 1. The van der Waals surface area contributed by atoms with Crippen LogP contribution in [-0.2, 0) is 16.8 Å². The van der Waals surface area contributed by atoms with E-state index in [1.807, 2.05) is 43.3 Å². The molecule has 1 spiro atoms. The van der Waals surface area contributed by atoms with Gasteiger partial charge in [0.05, 0.1) is 12.1 Å². The highest BCUT2D eigenvalue weighted by atomic mass is 19.4. The average Bonchev–Trinajstić information content (AvgIpc) is 3.08. The number of nitriles is 1. The minimum Gasteiger partial charge on any atom is -0.494 e. The van der Waals surface area contributed by atoms with Crippen LogP contribution in [0.2, 0.25) is 0 Å². The van der Waals surface area contributed by atoms with Crippen molar-refractivity contribution in [2.75, 3.05) is 6.61 Å². The van der Waals surface area contributed by atoms with E-state index in [1.165, 1.54) is 0 Å². The SMILES string of the molecule is Cc1ccc(C2=C(C#N)C(=O)NC3(CCc4cc(OCCCC(F)(F)F)ccc43)C2)cc1. The normalized spacial score (nSPS) is 20.2. The number of alkyl halides is 3. The van der Waals surface area contributed by atoms with Crippen molar-refractivity contribution in [1.29, 1.82) is 5.26 Å². The number of nitrogens with one attached hydrogen (secondary N) is 1. The molecule has 2 aromatic rings. The van der Waals surface area contributed by atoms with E-state index in [2.05, 4.69) is 11.4 Å². The lowest BCUT2D eigenvalue weighted by Gasteiger charge is -2.37. The smallest absolute Gasteiger partial charge is 0.389 e. The highest BCUT2D eigenvalue weighted by Crippen LogP contribution is 2.47. The molecule has 32 heavy (non-hydrogen) atoms. The van der Waals surface area contributed by atoms with Gasteiger partial charge in [0.2, 0.25) is 0 Å². The zero-order chi connectivity index (χ0) is 22.9. The maximum atomic E-state index is 12.9. The van der Waals surface area contributed by atoms with Crippen molar-refractivity contribution in [3.63, 3.8) is 0 Å². The van der Waals surface area contributed by atoms with Crippen LogP contribution in [0.4, 0.5) is 13.2 Å². The topological polar surface area (TPSA) is 62.1 Å². The zero-order valence-corrected chi connectivity index (χ0v) is 17.7. The minimum absolute atomic E-state index is 0.00792. The summed E-state index contributed by atoms with van der Waals surface area (Å²) in [4.78, 5) is 12.9. The predicted octanol–water partition coefficient (Wildman–Crippen LogP) is 5.36. The first kappa shape index (κ1) is 21.9. The van der Waals surface area contributed by atoms with Gasteiger partial charge >= 0.3 is 6.18 Å². The maximum absolute atomic E-state index is 12.9. The minimum atomic E-state index is -4.18. The highest BCUT2D eigenvalue weighted by Gasteiger charge is 2.45. The van der Waals surface area contributed by atoms with Gasteiger partial charge in [0.25, 0.3) is 5.91 Å². The molecule has 1 amide bonds. The monoisotopic (exact) mass is 440 g/mol. The van der Waals surface area contributed by atoms with Crippen LogP contribution in [0.15, 0.2) is 48.0 Å². The molecule has 0 bridgehead atoms. The number of ether oxygens (including phenoxy) is 1. The molecule has 1 N–H and O–H groups in total. The van der Waals surface area contributed by atoms with E-state index in [-0.39, 0.29) is 24.5 Å². The van der Waals surface area contributed by atoms with Gasteiger partial charge in [-0.05, 0) is 60.6 Å². The van der Waals surface area contributed by atoms with Crippen molar-refractivity contribution in [3.8, 4) is 11.8 Å². The van der Waals surface area contributed by atoms with Crippen LogP contribution in [0.5, 0.6) is 5.75 Å². The third-order valence-electron chi connectivity index (χ3n) is 6.16. The van der Waals surface area contributed by atoms with Gasteiger partial charge in [-0.2, -0.15) is 18.4 Å². The molecule has 1 heterocycles. The molecule has 4 nitrogen and oxygen atoms in total. The van der Waals surface area contributed by atoms with E-state index in [1.54, 1.807) is 6.07 Å². The molecule has 7 heteroatoms. The van der Waals surface area contributed by atoms with Crippen LogP contribution in [-0.4, -0.2) is 18.7 Å². The molecule has 0 saturated heterocycles. The Kier molecular flexibility index (Phi) is 5.72. The van der Waals surface area contributed by atoms with Crippen LogP contribution in [0.3, 0.4) is 0 Å². The Hall–Kier alpha value is -3.27. The summed E-state index contributed by atoms with van der Waals surface area (Å²) in [5.41, 5.74) is 4.18. The van der Waals surface area contributed by atoms with Crippen molar-refractivity contribution in [3.05, 3.63) is 70.3 Å². The van der Waals surface area contributed by atoms with E-state index in [9.17, 15) is 23.2 Å². The third-order valence-corrected chi connectivity index (χ3v) is 6.16. The Morgan fingerprint density at radius 1 is 1.19 bits per heavy atom. The fraction of sp³-hybridized carbons (Fsp3) is 0.360. The number of carbonyl (C=O) groups excluding carboxylic acids is 1. The summed E-state index contributed by atoms with van der Waals surface area (Å²) in [5.74, 6) is 0.145. The van der Waals surface area contributed by atoms with Gasteiger partial charge in [-0.25, -0.2) is 0 Å². The lowest BCUT2D eigenvalue weighted by atomic mass is 9.78. The van der Waals surface area contributed by atoms with Gasteiger partial charge in [-0.15, -0.1) is 0 Å². The number of benzene rings is 2. The van der Waals surface area contributed by atoms with Crippen molar-refractivity contribution >= 4 is 11.5 Å². The summed E-state index contributed by atoms with van der Waals surface area (Å²) in [5, 5.41) is 12.7. The first-order chi connectivity index (χ1) is 15.2. The number of hydrogen-bond acceptors (Lipinski definition) is 3. The second-order valence-electron chi connectivity index (χ2n) is 8.43. The molecule has 4 rings (SSSR count). The van der Waals surface area contributed by atoms with E-state index in [0.717, 1.165) is 27.8 Å². The number of carbonyl (C=O) groups is 1. The first-order valence-corrected chi connectivity index (χ1v) is 10.6. The zero-order valence-electron chi connectivity index (χ0n) is 17.7. The number of fused-ring (bicyclic) bond motifs is 2. The summed E-state index contributed by atoms with van der Waals surface area (Å²) in [6.07, 6.45) is -3.26. The number of aryl methyl sites for hydroxylation is 2. The van der Waals surface area contributed by atoms with Crippen LogP contribution >= 0.6 is 0 Å². The predicted molar refractivity (Wildman–Crippen MR) is 114 cm³/mol. The van der Waals surface area contributed by atoms with Gasteiger partial charge < -0.3 is 10.1 Å². The van der Waals surface area contributed by atoms with E-state index >= 15 is 0 Å². The summed E-state index contributed by atoms with van der Waals surface area (Å²) in [6, 6.07) is 15.3. The number of nitrogens with zero attached hydrogens (tertiary/aromatic N) is 1. The third kappa shape index (κ3) is 4.36. The van der Waals surface area contributed by atoms with Crippen molar-refractivity contribution < 1.29 is 22.7 Å². The molecule has 2 aliphatic rings. The molecule has 1 aliphatic heterocycles. The Balaban J connectivity index is 1.57. The van der Waals surface area contributed by atoms with Crippen molar-refractivity contribution in [2.45, 2.75) is 50.7 Å². The largest absolute Gasteiger partial charge is 0.494 e. The van der Waals surface area contributed by atoms with Gasteiger partial charge in [0.1, 0.15) is 17.4 Å². The van der Waals surface area contributed by atoms with Crippen LogP contribution in [0, 0.1) is 18.3 Å². The lowest BCUT2D eigenvalue weighted by molar-refractivity contribution is -0.136. The highest BCUT2D eigenvalue weighted by molar-refractivity contribution is 6.07. The quantitative estimate of drug-likeness (QED) is 0.637. The molecule has 0 aromatic heterocycles. The van der Waals surface area contributed by atoms with Crippen LogP contribution in [0.1, 0.15) is 47.9 Å². The Labute approximate surface area is 184 Å². The standard InChI is InChI=1S/C25H23F3N2O2/c1-16-3-5-17(6-4-16)20-14-24(30-23(31)21(20)15-29)11-9-18-13-19(7-8-22(18)24)32-12-2-10-25(26,27)28/h3-8,13H,2,9-12,14H2,1H3,(H,30,31). The molecule has 0 fully saturated rings. The average molecular weight is 440 g/mol. The fourth-order valence-corrected chi connectivity index (χ4v) is 4.56. The maximum Gasteiger partial charge on any atom is 0.389 e. The second-order valence-corrected chi connectivity index (χ2v) is 8.43. The fourth-order valence-electron chi connectivity index (χ4n) is 4.56.